The fourth-order valence-corrected chi connectivity index (χ4v) is 1.82. The van der Waals surface area contributed by atoms with Crippen LogP contribution < -0.4 is 0 Å². The van der Waals surface area contributed by atoms with Gasteiger partial charge in [0.2, 0.25) is 0 Å². The first-order chi connectivity index (χ1) is 9.11. The number of ketones is 1. The Bertz CT molecular complexity index is 558. The van der Waals surface area contributed by atoms with Gasteiger partial charge >= 0.3 is 0 Å². The summed E-state index contributed by atoms with van der Waals surface area (Å²) in [5.74, 6) is 0.0408. The molecular formula is C15H14O4. The number of hydrogen-bond donors (Lipinski definition) is 2. The quantitative estimate of drug-likeness (QED) is 0.827. The summed E-state index contributed by atoms with van der Waals surface area (Å²) in [5, 5.41) is 18.5. The van der Waals surface area contributed by atoms with Gasteiger partial charge in [-0.05, 0) is 42.0 Å². The van der Waals surface area contributed by atoms with Gasteiger partial charge in [0.05, 0.1) is 0 Å². The third-order valence-corrected chi connectivity index (χ3v) is 2.82. The molecule has 0 aliphatic heterocycles. The molecule has 2 aromatic rings. The lowest BCUT2D eigenvalue weighted by Crippen LogP contribution is -2.14. The van der Waals surface area contributed by atoms with Crippen molar-refractivity contribution < 1.29 is 19.7 Å². The second-order valence-corrected chi connectivity index (χ2v) is 4.12. The summed E-state index contributed by atoms with van der Waals surface area (Å²) in [6.07, 6.45) is -0.731. The maximum Gasteiger partial charge on any atom is 0.196 e. The minimum Gasteiger partial charge on any atom is -0.508 e. The smallest absolute Gasteiger partial charge is 0.196 e. The van der Waals surface area contributed by atoms with Crippen LogP contribution in [-0.4, -0.2) is 23.1 Å². The molecule has 0 aliphatic carbocycles. The van der Waals surface area contributed by atoms with Gasteiger partial charge in [0.1, 0.15) is 17.6 Å². The first kappa shape index (κ1) is 13.1. The molecule has 19 heavy (non-hydrogen) atoms. The van der Waals surface area contributed by atoms with E-state index in [1.54, 1.807) is 24.3 Å². The highest BCUT2D eigenvalue weighted by atomic mass is 16.5. The summed E-state index contributed by atoms with van der Waals surface area (Å²) in [7, 11) is 1.45. The van der Waals surface area contributed by atoms with Gasteiger partial charge in [-0.3, -0.25) is 4.79 Å². The average Bonchev–Trinajstić information content (AvgIpc) is 2.42. The largest absolute Gasteiger partial charge is 0.508 e. The van der Waals surface area contributed by atoms with Gasteiger partial charge in [0.25, 0.3) is 0 Å². The number of rotatable bonds is 4. The van der Waals surface area contributed by atoms with Gasteiger partial charge in [0.15, 0.2) is 5.78 Å². The number of aromatic hydroxyl groups is 2. The monoisotopic (exact) mass is 258 g/mol. The predicted molar refractivity (Wildman–Crippen MR) is 70.3 cm³/mol. The Labute approximate surface area is 110 Å². The normalized spacial score (nSPS) is 12.1. The second-order valence-electron chi connectivity index (χ2n) is 4.12. The number of phenolic OH excluding ortho intramolecular Hbond substituents is 2. The molecule has 2 aromatic carbocycles. The Morgan fingerprint density at radius 1 is 0.947 bits per heavy atom. The first-order valence-corrected chi connectivity index (χ1v) is 5.77. The van der Waals surface area contributed by atoms with E-state index >= 15 is 0 Å². The van der Waals surface area contributed by atoms with Gasteiger partial charge in [-0.15, -0.1) is 0 Å². The van der Waals surface area contributed by atoms with Crippen LogP contribution in [0.4, 0.5) is 0 Å². The van der Waals surface area contributed by atoms with Crippen molar-refractivity contribution in [3.05, 3.63) is 59.7 Å². The molecule has 4 heteroatoms. The summed E-state index contributed by atoms with van der Waals surface area (Å²) in [4.78, 5) is 12.3. The molecule has 0 aromatic heterocycles. The SMILES string of the molecule is COC(C(=O)c1ccc(O)cc1)c1ccc(O)cc1. The van der Waals surface area contributed by atoms with E-state index in [0.29, 0.717) is 11.1 Å². The Morgan fingerprint density at radius 3 is 1.89 bits per heavy atom. The number of methoxy groups -OCH3 is 1. The third kappa shape index (κ3) is 2.92. The maximum atomic E-state index is 12.3. The van der Waals surface area contributed by atoms with Crippen LogP contribution in [0.3, 0.4) is 0 Å². The molecule has 98 valence electrons. The Hall–Kier alpha value is -2.33. The number of benzene rings is 2. The van der Waals surface area contributed by atoms with Gasteiger partial charge in [-0.2, -0.15) is 0 Å². The van der Waals surface area contributed by atoms with Crippen LogP contribution >= 0.6 is 0 Å². The summed E-state index contributed by atoms with van der Waals surface area (Å²) in [5.41, 5.74) is 1.12. The molecule has 2 N–H and O–H groups in total. The topological polar surface area (TPSA) is 66.8 Å². The van der Waals surface area contributed by atoms with E-state index in [4.69, 9.17) is 4.74 Å². The lowest BCUT2D eigenvalue weighted by Gasteiger charge is -2.14. The Kier molecular flexibility index (Phi) is 3.82. The summed E-state index contributed by atoms with van der Waals surface area (Å²) >= 11 is 0. The average molecular weight is 258 g/mol. The molecule has 1 unspecified atom stereocenters. The van der Waals surface area contributed by atoms with Crippen molar-refractivity contribution >= 4 is 5.78 Å². The van der Waals surface area contributed by atoms with Gasteiger partial charge < -0.3 is 14.9 Å². The van der Waals surface area contributed by atoms with Crippen molar-refractivity contribution in [2.45, 2.75) is 6.10 Å². The van der Waals surface area contributed by atoms with Gasteiger partial charge in [-0.25, -0.2) is 0 Å². The fraction of sp³-hybridized carbons (Fsp3) is 0.133. The van der Waals surface area contributed by atoms with Crippen LogP contribution in [0.5, 0.6) is 11.5 Å². The van der Waals surface area contributed by atoms with E-state index in [9.17, 15) is 15.0 Å². The number of phenols is 2. The highest BCUT2D eigenvalue weighted by molar-refractivity contribution is 6.00. The zero-order valence-electron chi connectivity index (χ0n) is 10.4. The van der Waals surface area contributed by atoms with Crippen molar-refractivity contribution in [1.29, 1.82) is 0 Å². The van der Waals surface area contributed by atoms with Crippen molar-refractivity contribution in [2.24, 2.45) is 0 Å². The Morgan fingerprint density at radius 2 is 1.42 bits per heavy atom. The van der Waals surface area contributed by atoms with Gasteiger partial charge in [-0.1, -0.05) is 12.1 Å². The second kappa shape index (κ2) is 5.54. The molecule has 0 saturated heterocycles. The number of Topliss-reactive ketones (excluding diaryl/α,β-unsaturated/α-hetero) is 1. The lowest BCUT2D eigenvalue weighted by molar-refractivity contribution is 0.0604. The van der Waals surface area contributed by atoms with E-state index in [0.717, 1.165) is 0 Å². The Balaban J connectivity index is 2.29. The minimum atomic E-state index is -0.731. The molecule has 0 saturated carbocycles. The van der Waals surface area contributed by atoms with Crippen LogP contribution in [0.15, 0.2) is 48.5 Å². The molecule has 0 radical (unpaired) electrons. The highest BCUT2D eigenvalue weighted by Gasteiger charge is 2.21. The third-order valence-electron chi connectivity index (χ3n) is 2.82. The van der Waals surface area contributed by atoms with Crippen LogP contribution in [0.2, 0.25) is 0 Å². The molecule has 0 amide bonds. The summed E-state index contributed by atoms with van der Waals surface area (Å²) in [6.45, 7) is 0. The zero-order chi connectivity index (χ0) is 13.8. The lowest BCUT2D eigenvalue weighted by atomic mass is 9.99. The first-order valence-electron chi connectivity index (χ1n) is 5.77. The molecule has 0 spiro atoms. The predicted octanol–water partition coefficient (Wildman–Crippen LogP) is 2.67. The van der Waals surface area contributed by atoms with Gasteiger partial charge in [0, 0.05) is 12.7 Å². The van der Waals surface area contributed by atoms with Crippen LogP contribution in [0.1, 0.15) is 22.0 Å². The van der Waals surface area contributed by atoms with E-state index < -0.39 is 6.10 Å². The summed E-state index contributed by atoms with van der Waals surface area (Å²) < 4.78 is 5.23. The molecule has 2 rings (SSSR count). The van der Waals surface area contributed by atoms with E-state index in [1.807, 2.05) is 0 Å². The zero-order valence-corrected chi connectivity index (χ0v) is 10.4. The van der Waals surface area contributed by atoms with Crippen LogP contribution in [0.25, 0.3) is 0 Å². The number of hydrogen-bond acceptors (Lipinski definition) is 4. The highest BCUT2D eigenvalue weighted by Crippen LogP contribution is 2.24. The molecule has 0 fully saturated rings. The minimum absolute atomic E-state index is 0.107. The fourth-order valence-electron chi connectivity index (χ4n) is 1.82. The standard InChI is InChI=1S/C15H14O4/c1-19-15(11-4-8-13(17)9-5-11)14(18)10-2-6-12(16)7-3-10/h2-9,15-17H,1H3. The molecule has 0 bridgehead atoms. The summed E-state index contributed by atoms with van der Waals surface area (Å²) in [6, 6.07) is 12.3. The van der Waals surface area contributed by atoms with Crippen molar-refractivity contribution in [1.82, 2.24) is 0 Å². The number of carbonyl (C=O) groups is 1. The van der Waals surface area contributed by atoms with Crippen molar-refractivity contribution in [3.8, 4) is 11.5 Å². The molecular weight excluding hydrogens is 244 g/mol. The maximum absolute atomic E-state index is 12.3. The van der Waals surface area contributed by atoms with E-state index in [2.05, 4.69) is 0 Å². The van der Waals surface area contributed by atoms with E-state index in [1.165, 1.54) is 31.4 Å². The number of carbonyl (C=O) groups excluding carboxylic acids is 1. The van der Waals surface area contributed by atoms with Crippen molar-refractivity contribution in [3.63, 3.8) is 0 Å². The van der Waals surface area contributed by atoms with Crippen LogP contribution in [-0.2, 0) is 4.74 Å². The molecule has 0 heterocycles. The molecule has 0 aliphatic rings. The molecule has 1 atom stereocenters. The van der Waals surface area contributed by atoms with E-state index in [-0.39, 0.29) is 17.3 Å². The molecule has 4 nitrogen and oxygen atoms in total. The number of ether oxygens (including phenoxy) is 1. The van der Waals surface area contributed by atoms with Crippen molar-refractivity contribution in [2.75, 3.05) is 7.11 Å². The van der Waals surface area contributed by atoms with Crippen LogP contribution in [0, 0.1) is 0 Å².